The van der Waals surface area contributed by atoms with Crippen molar-refractivity contribution in [3.8, 4) is 5.75 Å². The second-order valence-electron chi connectivity index (χ2n) is 6.43. The lowest BCUT2D eigenvalue weighted by atomic mass is 9.83. The molecule has 0 spiro atoms. The minimum atomic E-state index is -0.921. The summed E-state index contributed by atoms with van der Waals surface area (Å²) in [7, 11) is 0. The topological polar surface area (TPSA) is 46.5 Å². The fourth-order valence-corrected chi connectivity index (χ4v) is 2.30. The van der Waals surface area contributed by atoms with E-state index in [1.807, 2.05) is 13.8 Å². The van der Waals surface area contributed by atoms with Crippen LogP contribution in [0.2, 0.25) is 0 Å². The van der Waals surface area contributed by atoms with Gasteiger partial charge >= 0.3 is 5.97 Å². The minimum absolute atomic E-state index is 0.185. The number of aromatic carboxylic acids is 1. The van der Waals surface area contributed by atoms with Crippen molar-refractivity contribution in [2.24, 2.45) is 5.41 Å². The van der Waals surface area contributed by atoms with Crippen molar-refractivity contribution >= 4 is 5.97 Å². The first kappa shape index (κ1) is 14.6. The van der Waals surface area contributed by atoms with Crippen LogP contribution < -0.4 is 4.74 Å². The maximum absolute atomic E-state index is 10.7. The van der Waals surface area contributed by atoms with Gasteiger partial charge in [0.15, 0.2) is 0 Å². The van der Waals surface area contributed by atoms with Gasteiger partial charge in [0.25, 0.3) is 0 Å². The molecule has 0 saturated carbocycles. The quantitative estimate of drug-likeness (QED) is 0.879. The predicted molar refractivity (Wildman–Crippen MR) is 72.2 cm³/mol. The Balaban J connectivity index is 2.75. The summed E-state index contributed by atoms with van der Waals surface area (Å²) in [5.74, 6) is -0.218. The third-order valence-electron chi connectivity index (χ3n) is 2.45. The van der Waals surface area contributed by atoms with E-state index in [0.717, 1.165) is 6.42 Å². The number of hydrogen-bond donors (Lipinski definition) is 1. The molecule has 0 aliphatic carbocycles. The Labute approximate surface area is 109 Å². The molecule has 0 bridgehead atoms. The molecule has 1 aromatic rings. The van der Waals surface area contributed by atoms with E-state index in [2.05, 4.69) is 20.8 Å². The molecular formula is C15H22O3. The van der Waals surface area contributed by atoms with Crippen molar-refractivity contribution in [3.63, 3.8) is 0 Å². The zero-order valence-corrected chi connectivity index (χ0v) is 11.8. The number of carboxylic acids is 1. The lowest BCUT2D eigenvalue weighted by molar-refractivity contribution is 0.0621. The van der Waals surface area contributed by atoms with E-state index in [9.17, 15) is 4.79 Å². The van der Waals surface area contributed by atoms with E-state index in [0.29, 0.717) is 5.75 Å². The Hall–Kier alpha value is -1.51. The van der Waals surface area contributed by atoms with Crippen LogP contribution in [0.4, 0.5) is 0 Å². The predicted octanol–water partition coefficient (Wildman–Crippen LogP) is 3.98. The van der Waals surface area contributed by atoms with E-state index in [1.54, 1.807) is 24.3 Å². The van der Waals surface area contributed by atoms with Crippen LogP contribution in [-0.2, 0) is 0 Å². The Bertz CT molecular complexity index is 410. The standard InChI is InChI=1S/C15H22O3/c1-14(2,3)10-15(4,5)18-12-8-6-11(7-9-12)13(16)17/h6-9H,10H2,1-5H3,(H,16,17). The van der Waals surface area contributed by atoms with Gasteiger partial charge in [-0.3, -0.25) is 0 Å². The fourth-order valence-electron chi connectivity index (χ4n) is 2.30. The summed E-state index contributed by atoms with van der Waals surface area (Å²) in [6, 6.07) is 6.53. The van der Waals surface area contributed by atoms with Gasteiger partial charge in [0, 0.05) is 0 Å². The number of ether oxygens (including phenoxy) is 1. The molecule has 0 aliphatic heterocycles. The third kappa shape index (κ3) is 4.78. The largest absolute Gasteiger partial charge is 0.488 e. The highest BCUT2D eigenvalue weighted by molar-refractivity contribution is 5.87. The lowest BCUT2D eigenvalue weighted by Gasteiger charge is -2.33. The van der Waals surface area contributed by atoms with Crippen LogP contribution in [-0.4, -0.2) is 16.7 Å². The number of rotatable bonds is 4. The van der Waals surface area contributed by atoms with Crippen LogP contribution in [0.3, 0.4) is 0 Å². The Kier molecular flexibility index (Phi) is 4.05. The number of benzene rings is 1. The highest BCUT2D eigenvalue weighted by atomic mass is 16.5. The second kappa shape index (κ2) is 5.01. The normalized spacial score (nSPS) is 12.3. The van der Waals surface area contributed by atoms with Gasteiger partial charge in [-0.1, -0.05) is 20.8 Å². The summed E-state index contributed by atoms with van der Waals surface area (Å²) in [4.78, 5) is 10.7. The molecule has 0 heterocycles. The van der Waals surface area contributed by atoms with Crippen LogP contribution >= 0.6 is 0 Å². The summed E-state index contributed by atoms with van der Waals surface area (Å²) in [5.41, 5.74) is 0.184. The smallest absolute Gasteiger partial charge is 0.335 e. The van der Waals surface area contributed by atoms with Gasteiger partial charge in [0.2, 0.25) is 0 Å². The molecule has 1 N–H and O–H groups in total. The maximum atomic E-state index is 10.7. The summed E-state index contributed by atoms with van der Waals surface area (Å²) in [6.45, 7) is 10.6. The van der Waals surface area contributed by atoms with Gasteiger partial charge in [0.05, 0.1) is 5.56 Å². The Morgan fingerprint density at radius 2 is 1.61 bits per heavy atom. The molecule has 0 radical (unpaired) electrons. The molecule has 3 nitrogen and oxygen atoms in total. The summed E-state index contributed by atoms with van der Waals surface area (Å²) in [6.07, 6.45) is 0.917. The van der Waals surface area contributed by atoms with Gasteiger partial charge < -0.3 is 9.84 Å². The molecular weight excluding hydrogens is 228 g/mol. The van der Waals surface area contributed by atoms with Crippen molar-refractivity contribution in [2.75, 3.05) is 0 Å². The molecule has 0 amide bonds. The van der Waals surface area contributed by atoms with Crippen LogP contribution in [0.5, 0.6) is 5.75 Å². The zero-order chi connectivity index (χ0) is 14.0. The van der Waals surface area contributed by atoms with E-state index < -0.39 is 5.97 Å². The van der Waals surface area contributed by atoms with Gasteiger partial charge in [-0.25, -0.2) is 4.79 Å². The molecule has 18 heavy (non-hydrogen) atoms. The highest BCUT2D eigenvalue weighted by Crippen LogP contribution is 2.30. The van der Waals surface area contributed by atoms with Crippen molar-refractivity contribution in [1.29, 1.82) is 0 Å². The lowest BCUT2D eigenvalue weighted by Crippen LogP contribution is -2.33. The van der Waals surface area contributed by atoms with Gasteiger partial charge in [-0.15, -0.1) is 0 Å². The van der Waals surface area contributed by atoms with E-state index in [4.69, 9.17) is 9.84 Å². The first-order valence-corrected chi connectivity index (χ1v) is 6.11. The fraction of sp³-hybridized carbons (Fsp3) is 0.533. The first-order chi connectivity index (χ1) is 8.09. The van der Waals surface area contributed by atoms with Gasteiger partial charge in [0.1, 0.15) is 11.4 Å². The Morgan fingerprint density at radius 1 is 1.11 bits per heavy atom. The molecule has 0 saturated heterocycles. The van der Waals surface area contributed by atoms with E-state index >= 15 is 0 Å². The number of carbonyl (C=O) groups is 1. The van der Waals surface area contributed by atoms with Crippen LogP contribution in [0, 0.1) is 5.41 Å². The number of hydrogen-bond acceptors (Lipinski definition) is 2. The highest BCUT2D eigenvalue weighted by Gasteiger charge is 2.27. The molecule has 0 aliphatic rings. The first-order valence-electron chi connectivity index (χ1n) is 6.11. The van der Waals surface area contributed by atoms with Crippen LogP contribution in [0.15, 0.2) is 24.3 Å². The van der Waals surface area contributed by atoms with Gasteiger partial charge in [-0.2, -0.15) is 0 Å². The summed E-state index contributed by atoms with van der Waals surface area (Å²) in [5, 5.41) is 8.82. The molecule has 3 heteroatoms. The molecule has 0 fully saturated rings. The SMILES string of the molecule is CC(C)(C)CC(C)(C)Oc1ccc(C(=O)O)cc1. The molecule has 1 aromatic carbocycles. The monoisotopic (exact) mass is 250 g/mol. The molecule has 100 valence electrons. The summed E-state index contributed by atoms with van der Waals surface area (Å²) >= 11 is 0. The molecule has 0 aromatic heterocycles. The van der Waals surface area contributed by atoms with E-state index in [1.165, 1.54) is 0 Å². The second-order valence-corrected chi connectivity index (χ2v) is 6.43. The maximum Gasteiger partial charge on any atom is 0.335 e. The van der Waals surface area contributed by atoms with Crippen molar-refractivity contribution in [2.45, 2.75) is 46.6 Å². The molecule has 0 atom stereocenters. The van der Waals surface area contributed by atoms with Gasteiger partial charge in [-0.05, 0) is 49.9 Å². The third-order valence-corrected chi connectivity index (χ3v) is 2.45. The average Bonchev–Trinajstić information content (AvgIpc) is 2.13. The minimum Gasteiger partial charge on any atom is -0.488 e. The van der Waals surface area contributed by atoms with E-state index in [-0.39, 0.29) is 16.6 Å². The van der Waals surface area contributed by atoms with Crippen molar-refractivity contribution < 1.29 is 14.6 Å². The molecule has 1 rings (SSSR count). The summed E-state index contributed by atoms with van der Waals surface area (Å²) < 4.78 is 5.92. The molecule has 0 unspecified atom stereocenters. The number of carboxylic acid groups (broad SMARTS) is 1. The van der Waals surface area contributed by atoms with Crippen molar-refractivity contribution in [1.82, 2.24) is 0 Å². The zero-order valence-electron chi connectivity index (χ0n) is 11.8. The average molecular weight is 250 g/mol. The van der Waals surface area contributed by atoms with Crippen LogP contribution in [0.1, 0.15) is 51.4 Å². The van der Waals surface area contributed by atoms with Crippen LogP contribution in [0.25, 0.3) is 0 Å². The Morgan fingerprint density at radius 3 is 2.00 bits per heavy atom. The van der Waals surface area contributed by atoms with Crippen molar-refractivity contribution in [3.05, 3.63) is 29.8 Å².